The van der Waals surface area contributed by atoms with E-state index < -0.39 is 0 Å². The predicted molar refractivity (Wildman–Crippen MR) is 65.4 cm³/mol. The highest BCUT2D eigenvalue weighted by molar-refractivity contribution is 7.09. The largest absolute Gasteiger partial charge is 0.367 e. The van der Waals surface area contributed by atoms with Gasteiger partial charge < -0.3 is 10.6 Å². The van der Waals surface area contributed by atoms with E-state index in [4.69, 9.17) is 5.73 Å². The molecule has 2 N–H and O–H groups in total. The highest BCUT2D eigenvalue weighted by Gasteiger charge is 2.08. The number of rotatable bonds is 3. The van der Waals surface area contributed by atoms with Gasteiger partial charge in [0.2, 0.25) is 11.1 Å². The lowest BCUT2D eigenvalue weighted by atomic mass is 10.3. The summed E-state index contributed by atoms with van der Waals surface area (Å²) in [5, 5.41) is 0.806. The van der Waals surface area contributed by atoms with Gasteiger partial charge in [-0.25, -0.2) is 0 Å². The van der Waals surface area contributed by atoms with Crippen LogP contribution in [0.25, 0.3) is 0 Å². The topological polar surface area (TPSA) is 67.9 Å². The first-order chi connectivity index (χ1) is 7.65. The number of aryl methyl sites for hydroxylation is 1. The lowest BCUT2D eigenvalue weighted by Gasteiger charge is -2.14. The molecule has 2 rings (SSSR count). The quantitative estimate of drug-likeness (QED) is 0.872. The molecule has 0 amide bonds. The summed E-state index contributed by atoms with van der Waals surface area (Å²) >= 11 is 1.29. The zero-order chi connectivity index (χ0) is 11.5. The highest BCUT2D eigenvalue weighted by Crippen LogP contribution is 2.18. The van der Waals surface area contributed by atoms with Gasteiger partial charge >= 0.3 is 0 Å². The van der Waals surface area contributed by atoms with Crippen molar-refractivity contribution < 1.29 is 0 Å². The summed E-state index contributed by atoms with van der Waals surface area (Å²) in [6.45, 7) is 2.68. The van der Waals surface area contributed by atoms with Crippen molar-refractivity contribution in [3.63, 3.8) is 0 Å². The Morgan fingerprint density at radius 1 is 1.38 bits per heavy atom. The van der Waals surface area contributed by atoms with E-state index in [9.17, 15) is 0 Å². The van der Waals surface area contributed by atoms with Crippen molar-refractivity contribution in [2.24, 2.45) is 0 Å². The monoisotopic (exact) mass is 235 g/mol. The summed E-state index contributed by atoms with van der Waals surface area (Å²) in [4.78, 5) is 10.5. The molecule has 2 aromatic rings. The summed E-state index contributed by atoms with van der Waals surface area (Å²) in [5.41, 5.74) is 7.51. The number of anilines is 2. The molecule has 0 saturated carbocycles. The second kappa shape index (κ2) is 4.44. The summed E-state index contributed by atoms with van der Waals surface area (Å²) in [6, 6.07) is 5.97. The van der Waals surface area contributed by atoms with Crippen molar-refractivity contribution in [1.29, 1.82) is 0 Å². The van der Waals surface area contributed by atoms with E-state index in [1.165, 1.54) is 11.5 Å². The molecule has 0 aliphatic heterocycles. The third kappa shape index (κ3) is 2.46. The van der Waals surface area contributed by atoms with Gasteiger partial charge in [-0.3, -0.25) is 4.98 Å². The molecule has 0 aromatic carbocycles. The van der Waals surface area contributed by atoms with Crippen molar-refractivity contribution in [2.45, 2.75) is 13.5 Å². The molecule has 0 radical (unpaired) electrons. The van der Waals surface area contributed by atoms with Crippen LogP contribution in [0, 0.1) is 6.92 Å². The van der Waals surface area contributed by atoms with Crippen LogP contribution in [0.2, 0.25) is 0 Å². The molecule has 0 bridgehead atoms. The molecule has 0 spiro atoms. The lowest BCUT2D eigenvalue weighted by molar-refractivity contribution is 0.872. The van der Waals surface area contributed by atoms with Crippen molar-refractivity contribution in [1.82, 2.24) is 14.3 Å². The van der Waals surface area contributed by atoms with E-state index in [-0.39, 0.29) is 0 Å². The molecule has 5 nitrogen and oxygen atoms in total. The van der Waals surface area contributed by atoms with Crippen molar-refractivity contribution in [3.05, 3.63) is 29.6 Å². The zero-order valence-electron chi connectivity index (χ0n) is 9.21. The number of hydrogen-bond donors (Lipinski definition) is 1. The number of nitrogen functional groups attached to an aromatic ring is 1. The second-order valence-electron chi connectivity index (χ2n) is 3.56. The molecule has 0 aliphatic carbocycles. The fourth-order valence-electron chi connectivity index (χ4n) is 1.38. The Balaban J connectivity index is 2.10. The molecular weight excluding hydrogens is 222 g/mol. The van der Waals surface area contributed by atoms with Gasteiger partial charge in [0.25, 0.3) is 0 Å². The van der Waals surface area contributed by atoms with E-state index >= 15 is 0 Å². The fourth-order valence-corrected chi connectivity index (χ4v) is 1.93. The van der Waals surface area contributed by atoms with Crippen molar-refractivity contribution in [2.75, 3.05) is 17.7 Å². The van der Waals surface area contributed by atoms with Crippen molar-refractivity contribution >= 4 is 22.6 Å². The molecule has 2 heterocycles. The molecule has 84 valence electrons. The van der Waals surface area contributed by atoms with Crippen LogP contribution in [0.4, 0.5) is 11.1 Å². The van der Waals surface area contributed by atoms with Gasteiger partial charge in [0.1, 0.15) is 0 Å². The Hall–Kier alpha value is -1.69. The van der Waals surface area contributed by atoms with Crippen molar-refractivity contribution in [3.8, 4) is 0 Å². The van der Waals surface area contributed by atoms with Gasteiger partial charge in [0.05, 0.1) is 12.2 Å². The first kappa shape index (κ1) is 10.8. The number of pyridine rings is 1. The smallest absolute Gasteiger partial charge is 0.233 e. The van der Waals surface area contributed by atoms with E-state index in [0.29, 0.717) is 12.5 Å². The van der Waals surface area contributed by atoms with Gasteiger partial charge in [-0.2, -0.15) is 9.36 Å². The minimum atomic E-state index is 0.323. The van der Waals surface area contributed by atoms with Gasteiger partial charge in [-0.15, -0.1) is 0 Å². The van der Waals surface area contributed by atoms with Crippen LogP contribution in [0.1, 0.15) is 11.4 Å². The minimum absolute atomic E-state index is 0.323. The van der Waals surface area contributed by atoms with E-state index in [1.807, 2.05) is 37.1 Å². The lowest BCUT2D eigenvalue weighted by Crippen LogP contribution is -2.17. The Labute approximate surface area is 98.1 Å². The standard InChI is InChI=1S/C10H13N5S/c1-7-4-3-5-8(12-7)6-15(2)10-13-9(11)14-16-10/h3-5H,6H2,1-2H3,(H2,11,14). The summed E-state index contributed by atoms with van der Waals surface area (Å²) < 4.78 is 3.94. The van der Waals surface area contributed by atoms with Crippen LogP contribution >= 0.6 is 11.5 Å². The third-order valence-corrected chi connectivity index (χ3v) is 2.95. The molecule has 0 fully saturated rings. The predicted octanol–water partition coefficient (Wildman–Crippen LogP) is 1.46. The van der Waals surface area contributed by atoms with E-state index in [2.05, 4.69) is 14.3 Å². The summed E-state index contributed by atoms with van der Waals surface area (Å²) in [5.74, 6) is 0.323. The Morgan fingerprint density at radius 2 is 2.19 bits per heavy atom. The Kier molecular flexibility index (Phi) is 3.00. The Morgan fingerprint density at radius 3 is 2.81 bits per heavy atom. The highest BCUT2D eigenvalue weighted by atomic mass is 32.1. The van der Waals surface area contributed by atoms with Gasteiger partial charge in [-0.1, -0.05) is 6.07 Å². The van der Waals surface area contributed by atoms with E-state index in [0.717, 1.165) is 16.5 Å². The summed E-state index contributed by atoms with van der Waals surface area (Å²) in [6.07, 6.45) is 0. The normalized spacial score (nSPS) is 10.4. The maximum Gasteiger partial charge on any atom is 0.233 e. The molecule has 0 saturated heterocycles. The molecular formula is C10H13N5S. The third-order valence-electron chi connectivity index (χ3n) is 2.10. The van der Waals surface area contributed by atoms with Crippen LogP contribution in [0.5, 0.6) is 0 Å². The van der Waals surface area contributed by atoms with Crippen LogP contribution < -0.4 is 10.6 Å². The average molecular weight is 235 g/mol. The van der Waals surface area contributed by atoms with Crippen LogP contribution in [-0.2, 0) is 6.54 Å². The van der Waals surface area contributed by atoms with Crippen LogP contribution in [-0.4, -0.2) is 21.4 Å². The molecule has 0 atom stereocenters. The summed E-state index contributed by atoms with van der Waals surface area (Å²) in [7, 11) is 1.95. The molecule has 16 heavy (non-hydrogen) atoms. The average Bonchev–Trinajstić information content (AvgIpc) is 2.65. The number of hydrogen-bond acceptors (Lipinski definition) is 6. The van der Waals surface area contributed by atoms with E-state index in [1.54, 1.807) is 0 Å². The Bertz CT molecular complexity index is 482. The first-order valence-corrected chi connectivity index (χ1v) is 5.65. The first-order valence-electron chi connectivity index (χ1n) is 4.88. The second-order valence-corrected chi connectivity index (χ2v) is 4.29. The van der Waals surface area contributed by atoms with Crippen LogP contribution in [0.3, 0.4) is 0 Å². The SMILES string of the molecule is Cc1cccc(CN(C)c2nc(N)ns2)n1. The molecule has 0 unspecified atom stereocenters. The van der Waals surface area contributed by atoms with Gasteiger partial charge in [0.15, 0.2) is 0 Å². The fraction of sp³-hybridized carbons (Fsp3) is 0.300. The number of aromatic nitrogens is 3. The number of nitrogens with zero attached hydrogens (tertiary/aromatic N) is 4. The van der Waals surface area contributed by atoms with Gasteiger partial charge in [0, 0.05) is 24.3 Å². The maximum atomic E-state index is 5.48. The minimum Gasteiger partial charge on any atom is -0.367 e. The molecule has 6 heteroatoms. The van der Waals surface area contributed by atoms with Crippen LogP contribution in [0.15, 0.2) is 18.2 Å². The zero-order valence-corrected chi connectivity index (χ0v) is 10.0. The molecule has 2 aromatic heterocycles. The maximum absolute atomic E-state index is 5.48. The van der Waals surface area contributed by atoms with Gasteiger partial charge in [-0.05, 0) is 19.1 Å². The molecule has 0 aliphatic rings. The number of nitrogens with two attached hydrogens (primary N) is 1.